The van der Waals surface area contributed by atoms with E-state index in [1.54, 1.807) is 7.11 Å². The third-order valence-electron chi connectivity index (χ3n) is 5.09. The molecule has 0 aliphatic carbocycles. The zero-order valence-electron chi connectivity index (χ0n) is 17.2. The van der Waals surface area contributed by atoms with Crippen molar-refractivity contribution in [3.63, 3.8) is 0 Å². The number of anilines is 1. The molecule has 0 saturated heterocycles. The molecule has 6 nitrogen and oxygen atoms in total. The lowest BCUT2D eigenvalue weighted by Gasteiger charge is -2.09. The van der Waals surface area contributed by atoms with Gasteiger partial charge in [-0.05, 0) is 60.6 Å². The topological polar surface area (TPSA) is 71.1 Å². The van der Waals surface area contributed by atoms with Crippen LogP contribution in [0.25, 0.3) is 10.9 Å². The molecule has 1 heterocycles. The Morgan fingerprint density at radius 2 is 1.74 bits per heavy atom. The van der Waals surface area contributed by atoms with Crippen molar-refractivity contribution < 1.29 is 9.84 Å². The van der Waals surface area contributed by atoms with Crippen LogP contribution in [-0.4, -0.2) is 21.9 Å². The average Bonchev–Trinajstić information content (AvgIpc) is 3.05. The van der Waals surface area contributed by atoms with Crippen molar-refractivity contribution in [1.82, 2.24) is 4.57 Å². The van der Waals surface area contributed by atoms with Crippen LogP contribution in [0.3, 0.4) is 0 Å². The molecule has 0 aliphatic rings. The summed E-state index contributed by atoms with van der Waals surface area (Å²) in [6, 6.07) is 23.2. The molecule has 0 unspecified atom stereocenters. The van der Waals surface area contributed by atoms with Crippen molar-refractivity contribution in [2.24, 2.45) is 10.2 Å². The molecule has 156 valence electrons. The Labute approximate surface area is 185 Å². The number of azo groups is 1. The van der Waals surface area contributed by atoms with Gasteiger partial charge in [0, 0.05) is 11.1 Å². The number of aromatic nitrogens is 1. The van der Waals surface area contributed by atoms with E-state index in [4.69, 9.17) is 17.0 Å². The molecule has 4 aromatic rings. The van der Waals surface area contributed by atoms with Crippen molar-refractivity contribution in [2.45, 2.75) is 13.5 Å². The summed E-state index contributed by atoms with van der Waals surface area (Å²) in [4.78, 5) is 0. The lowest BCUT2D eigenvalue weighted by molar-refractivity contribution is 0.415. The monoisotopic (exact) mass is 430 g/mol. The van der Waals surface area contributed by atoms with Crippen LogP contribution in [0, 0.1) is 6.92 Å². The molecule has 0 radical (unpaired) electrons. The zero-order valence-corrected chi connectivity index (χ0v) is 18.1. The Balaban J connectivity index is 1.62. The Morgan fingerprint density at radius 3 is 2.48 bits per heavy atom. The van der Waals surface area contributed by atoms with Crippen LogP contribution in [0.15, 0.2) is 83.0 Å². The van der Waals surface area contributed by atoms with Crippen molar-refractivity contribution in [1.29, 1.82) is 0 Å². The third-order valence-corrected chi connectivity index (χ3v) is 5.27. The van der Waals surface area contributed by atoms with Gasteiger partial charge in [0.1, 0.15) is 5.75 Å². The summed E-state index contributed by atoms with van der Waals surface area (Å²) in [5.41, 5.74) is 4.33. The van der Waals surface area contributed by atoms with E-state index in [-0.39, 0.29) is 11.0 Å². The molecule has 31 heavy (non-hydrogen) atoms. The van der Waals surface area contributed by atoms with Gasteiger partial charge in [-0.15, -0.1) is 10.2 Å². The summed E-state index contributed by atoms with van der Waals surface area (Å²) in [5, 5.41) is 23.4. The number of aryl methyl sites for hydroxylation is 1. The Morgan fingerprint density at radius 1 is 1.03 bits per heavy atom. The van der Waals surface area contributed by atoms with Crippen LogP contribution in [0.1, 0.15) is 11.1 Å². The second-order valence-corrected chi connectivity index (χ2v) is 7.45. The number of methoxy groups -OCH3 is 1. The number of aromatic hydroxyl groups is 1. The number of rotatable bonds is 5. The number of fused-ring (bicyclic) bond motifs is 1. The normalized spacial score (nSPS) is 11.2. The largest absolute Gasteiger partial charge is 0.497 e. The second kappa shape index (κ2) is 8.97. The molecule has 0 bridgehead atoms. The summed E-state index contributed by atoms with van der Waals surface area (Å²) in [6.45, 7) is 2.59. The molecular formula is C24H22N4O2S. The van der Waals surface area contributed by atoms with Crippen LogP contribution in [0.5, 0.6) is 11.6 Å². The van der Waals surface area contributed by atoms with E-state index in [1.165, 1.54) is 0 Å². The van der Waals surface area contributed by atoms with Crippen LogP contribution in [-0.2, 0) is 6.54 Å². The first-order valence-electron chi connectivity index (χ1n) is 9.78. The minimum atomic E-state index is 0.0560. The van der Waals surface area contributed by atoms with Gasteiger partial charge in [0.05, 0.1) is 19.2 Å². The van der Waals surface area contributed by atoms with E-state index in [1.807, 2.05) is 65.2 Å². The van der Waals surface area contributed by atoms with Crippen molar-refractivity contribution in [2.75, 3.05) is 12.4 Å². The molecule has 7 heteroatoms. The van der Waals surface area contributed by atoms with E-state index in [0.717, 1.165) is 33.5 Å². The lowest BCUT2D eigenvalue weighted by Crippen LogP contribution is -2.04. The minimum absolute atomic E-state index is 0.0560. The maximum absolute atomic E-state index is 11.0. The smallest absolute Gasteiger partial charge is 0.221 e. The molecule has 1 aromatic heterocycles. The van der Waals surface area contributed by atoms with Gasteiger partial charge < -0.3 is 19.7 Å². The Hall–Kier alpha value is -3.71. The SMILES string of the molecule is COc1ccc(NC(=S)N=Nc2c(O)n(Cc3ccccc3C)c3ccccc23)cc1. The molecule has 4 rings (SSSR count). The van der Waals surface area contributed by atoms with E-state index < -0.39 is 0 Å². The standard InChI is InChI=1S/C24H22N4O2S/c1-16-7-3-4-8-17(16)15-28-21-10-6-5-9-20(21)22(23(28)29)26-27-24(31)25-18-11-13-19(30-2)14-12-18/h3-14,29H,15H2,1-2H3,(H,25,31). The maximum Gasteiger partial charge on any atom is 0.221 e. The van der Waals surface area contributed by atoms with Gasteiger partial charge >= 0.3 is 0 Å². The first kappa shape index (κ1) is 20.6. The second-order valence-electron chi connectivity index (χ2n) is 7.06. The van der Waals surface area contributed by atoms with Crippen LogP contribution < -0.4 is 10.1 Å². The number of benzene rings is 3. The summed E-state index contributed by atoms with van der Waals surface area (Å²) < 4.78 is 6.99. The summed E-state index contributed by atoms with van der Waals surface area (Å²) in [7, 11) is 1.61. The highest BCUT2D eigenvalue weighted by Crippen LogP contribution is 2.39. The maximum atomic E-state index is 11.0. The molecule has 0 fully saturated rings. The molecule has 0 atom stereocenters. The highest BCUT2D eigenvalue weighted by molar-refractivity contribution is 7.80. The number of thiocarbonyl (C=S) groups is 1. The summed E-state index contributed by atoms with van der Waals surface area (Å²) in [6.07, 6.45) is 0. The number of ether oxygens (including phenoxy) is 1. The fourth-order valence-electron chi connectivity index (χ4n) is 3.41. The molecule has 0 aliphatic heterocycles. The minimum Gasteiger partial charge on any atom is -0.497 e. The van der Waals surface area contributed by atoms with Crippen molar-refractivity contribution in [3.05, 3.63) is 83.9 Å². The van der Waals surface area contributed by atoms with E-state index in [9.17, 15) is 5.11 Å². The van der Waals surface area contributed by atoms with Gasteiger partial charge in [0.25, 0.3) is 0 Å². The number of nitrogens with one attached hydrogen (secondary N) is 1. The fourth-order valence-corrected chi connectivity index (χ4v) is 3.57. The van der Waals surface area contributed by atoms with Crippen molar-refractivity contribution in [3.8, 4) is 11.6 Å². The molecular weight excluding hydrogens is 408 g/mol. The van der Waals surface area contributed by atoms with Gasteiger partial charge in [0.2, 0.25) is 11.0 Å². The molecule has 0 amide bonds. The van der Waals surface area contributed by atoms with Gasteiger partial charge in [-0.2, -0.15) is 0 Å². The molecule has 0 spiro atoms. The van der Waals surface area contributed by atoms with Crippen LogP contribution in [0.4, 0.5) is 11.4 Å². The van der Waals surface area contributed by atoms with Gasteiger partial charge in [-0.25, -0.2) is 0 Å². The Kier molecular flexibility index (Phi) is 5.95. The number of nitrogens with zero attached hydrogens (tertiary/aromatic N) is 3. The van der Waals surface area contributed by atoms with E-state index in [2.05, 4.69) is 34.6 Å². The van der Waals surface area contributed by atoms with Gasteiger partial charge in [0.15, 0.2) is 5.69 Å². The number of hydrogen-bond donors (Lipinski definition) is 2. The highest BCUT2D eigenvalue weighted by atomic mass is 32.1. The third kappa shape index (κ3) is 4.41. The Bertz CT molecular complexity index is 1260. The highest BCUT2D eigenvalue weighted by Gasteiger charge is 2.17. The molecule has 0 saturated carbocycles. The molecule has 3 aromatic carbocycles. The molecule has 2 N–H and O–H groups in total. The predicted molar refractivity (Wildman–Crippen MR) is 128 cm³/mol. The average molecular weight is 431 g/mol. The van der Waals surface area contributed by atoms with Gasteiger partial charge in [-0.1, -0.05) is 42.5 Å². The zero-order chi connectivity index (χ0) is 21.8. The van der Waals surface area contributed by atoms with Crippen LogP contribution >= 0.6 is 12.2 Å². The van der Waals surface area contributed by atoms with E-state index >= 15 is 0 Å². The lowest BCUT2D eigenvalue weighted by atomic mass is 10.1. The summed E-state index contributed by atoms with van der Waals surface area (Å²) in [5.74, 6) is 0.810. The van der Waals surface area contributed by atoms with Gasteiger partial charge in [-0.3, -0.25) is 0 Å². The fraction of sp³-hybridized carbons (Fsp3) is 0.125. The first-order chi connectivity index (χ1) is 15.1. The van der Waals surface area contributed by atoms with Crippen molar-refractivity contribution >= 4 is 39.6 Å². The number of para-hydroxylation sites is 1. The van der Waals surface area contributed by atoms with Crippen LogP contribution in [0.2, 0.25) is 0 Å². The number of hydrogen-bond acceptors (Lipinski definition) is 4. The summed E-state index contributed by atoms with van der Waals surface area (Å²) >= 11 is 5.30. The first-order valence-corrected chi connectivity index (χ1v) is 10.2. The quantitative estimate of drug-likeness (QED) is 0.292. The van der Waals surface area contributed by atoms with E-state index in [0.29, 0.717) is 12.2 Å². The predicted octanol–water partition coefficient (Wildman–Crippen LogP) is 6.19.